The van der Waals surface area contributed by atoms with E-state index in [4.69, 9.17) is 9.47 Å². The van der Waals surface area contributed by atoms with Gasteiger partial charge in [0.15, 0.2) is 0 Å². The fourth-order valence-electron chi connectivity index (χ4n) is 7.24. The van der Waals surface area contributed by atoms with Gasteiger partial charge in [0.2, 0.25) is 0 Å². The lowest BCUT2D eigenvalue weighted by Gasteiger charge is -2.30. The molecule has 0 aliphatic rings. The van der Waals surface area contributed by atoms with Gasteiger partial charge in [-0.3, -0.25) is 14.5 Å². The van der Waals surface area contributed by atoms with Crippen molar-refractivity contribution < 1.29 is 19.1 Å². The van der Waals surface area contributed by atoms with Gasteiger partial charge >= 0.3 is 0 Å². The highest BCUT2D eigenvalue weighted by molar-refractivity contribution is 6.05. The molecule has 6 aromatic rings. The zero-order valence-corrected chi connectivity index (χ0v) is 38.3. The molecule has 0 aromatic heterocycles. The molecular weight excluding hydrogens is 781 g/mol. The van der Waals surface area contributed by atoms with Crippen LogP contribution in [-0.4, -0.2) is 73.1 Å². The quantitative estimate of drug-likeness (QED) is 0.0796. The van der Waals surface area contributed by atoms with E-state index in [1.54, 1.807) is 0 Å². The minimum Gasteiger partial charge on any atom is -0.492 e. The summed E-state index contributed by atoms with van der Waals surface area (Å²) in [7, 11) is 0. The minimum atomic E-state index is -0.124. The van der Waals surface area contributed by atoms with Gasteiger partial charge in [0.1, 0.15) is 24.7 Å². The molecule has 0 aliphatic heterocycles. The van der Waals surface area contributed by atoms with Crippen LogP contribution in [0.1, 0.15) is 85.9 Å². The second kappa shape index (κ2) is 25.0. The van der Waals surface area contributed by atoms with Crippen LogP contribution in [0.3, 0.4) is 0 Å². The van der Waals surface area contributed by atoms with Crippen molar-refractivity contribution >= 4 is 23.2 Å². The highest BCUT2D eigenvalue weighted by Gasteiger charge is 2.13. The third-order valence-corrected chi connectivity index (χ3v) is 11.0. The SMILES string of the molecule is CCN(CC)CCOc1ccc(NC(=O)c2ccc(Cc3ccccc3)cc2)cc1.CCc1ccc(-c2ccc(C(=O)Nc3ccc(OCCN(C(C)C)C(C)C)cc3)cc2)cc1. The maximum Gasteiger partial charge on any atom is 0.255 e. The van der Waals surface area contributed by atoms with Crippen LogP contribution in [0, 0.1) is 0 Å². The summed E-state index contributed by atoms with van der Waals surface area (Å²) in [5.41, 5.74) is 8.79. The van der Waals surface area contributed by atoms with Crippen LogP contribution in [0.25, 0.3) is 11.1 Å². The highest BCUT2D eigenvalue weighted by Crippen LogP contribution is 2.23. The summed E-state index contributed by atoms with van der Waals surface area (Å²) in [5.74, 6) is 1.38. The van der Waals surface area contributed by atoms with Crippen LogP contribution in [-0.2, 0) is 12.8 Å². The number of hydrogen-bond donors (Lipinski definition) is 2. The zero-order chi connectivity index (χ0) is 45.0. The van der Waals surface area contributed by atoms with Gasteiger partial charge in [0.05, 0.1) is 0 Å². The molecule has 330 valence electrons. The predicted molar refractivity (Wildman–Crippen MR) is 261 cm³/mol. The summed E-state index contributed by atoms with van der Waals surface area (Å²) in [6.45, 7) is 20.4. The maximum atomic E-state index is 12.7. The van der Waals surface area contributed by atoms with Crippen LogP contribution < -0.4 is 20.1 Å². The maximum absolute atomic E-state index is 12.7. The Labute approximate surface area is 376 Å². The first-order chi connectivity index (χ1) is 30.5. The molecule has 0 unspecified atom stereocenters. The van der Waals surface area contributed by atoms with E-state index in [2.05, 4.69) is 105 Å². The van der Waals surface area contributed by atoms with Crippen molar-refractivity contribution in [3.63, 3.8) is 0 Å². The number of hydrogen-bond acceptors (Lipinski definition) is 6. The highest BCUT2D eigenvalue weighted by atomic mass is 16.5. The van der Waals surface area contributed by atoms with Gasteiger partial charge in [-0.25, -0.2) is 0 Å². The van der Waals surface area contributed by atoms with Gasteiger partial charge in [-0.15, -0.1) is 0 Å². The molecule has 0 radical (unpaired) electrons. The van der Waals surface area contributed by atoms with E-state index < -0.39 is 0 Å². The van der Waals surface area contributed by atoms with Crippen molar-refractivity contribution in [1.82, 2.24) is 9.80 Å². The average molecular weight is 847 g/mol. The third-order valence-electron chi connectivity index (χ3n) is 11.0. The van der Waals surface area contributed by atoms with Gasteiger partial charge in [-0.05, 0) is 154 Å². The molecule has 63 heavy (non-hydrogen) atoms. The van der Waals surface area contributed by atoms with E-state index in [-0.39, 0.29) is 11.8 Å². The summed E-state index contributed by atoms with van der Waals surface area (Å²) < 4.78 is 11.7. The lowest BCUT2D eigenvalue weighted by atomic mass is 10.0. The van der Waals surface area contributed by atoms with Crippen molar-refractivity contribution in [3.05, 3.63) is 179 Å². The molecule has 0 saturated carbocycles. The summed E-state index contributed by atoms with van der Waals surface area (Å²) in [6, 6.07) is 50.4. The summed E-state index contributed by atoms with van der Waals surface area (Å²) >= 11 is 0. The molecular formula is C55H66N4O4. The first-order valence-corrected chi connectivity index (χ1v) is 22.4. The van der Waals surface area contributed by atoms with Crippen molar-refractivity contribution in [2.24, 2.45) is 0 Å². The van der Waals surface area contributed by atoms with Crippen LogP contribution in [0.4, 0.5) is 11.4 Å². The van der Waals surface area contributed by atoms with Crippen molar-refractivity contribution in [2.45, 2.75) is 73.4 Å². The number of aryl methyl sites for hydroxylation is 1. The van der Waals surface area contributed by atoms with Gasteiger partial charge in [0.25, 0.3) is 11.8 Å². The normalized spacial score (nSPS) is 11.0. The topological polar surface area (TPSA) is 83.1 Å². The Balaban J connectivity index is 0.000000239. The van der Waals surface area contributed by atoms with Crippen molar-refractivity contribution in [3.8, 4) is 22.6 Å². The molecule has 0 spiro atoms. The standard InChI is InChI=1S/C29H36N2O2.C26H30N2O2/c1-6-23-7-9-24(10-8-23)25-11-13-26(14-12-25)29(32)30-27-15-17-28(18-16-27)33-20-19-31(21(2)3)22(4)5;1-3-28(4-2)18-19-30-25-16-14-24(15-17-25)27-26(29)23-12-10-22(11-13-23)20-21-8-6-5-7-9-21/h7-18,21-22H,6,19-20H2,1-5H3,(H,30,32);5-17H,3-4,18-20H2,1-2H3,(H,27,29). The van der Waals surface area contributed by atoms with Crippen molar-refractivity contribution in [2.75, 3.05) is 50.0 Å². The molecule has 0 aliphatic carbocycles. The summed E-state index contributed by atoms with van der Waals surface area (Å²) in [5, 5.41) is 5.91. The van der Waals surface area contributed by atoms with E-state index in [1.807, 2.05) is 115 Å². The molecule has 0 saturated heterocycles. The molecule has 0 fully saturated rings. The first-order valence-electron chi connectivity index (χ1n) is 22.4. The van der Waals surface area contributed by atoms with Crippen molar-refractivity contribution in [1.29, 1.82) is 0 Å². The molecule has 0 atom stereocenters. The van der Waals surface area contributed by atoms with Gasteiger partial charge in [0, 0.05) is 47.7 Å². The first kappa shape index (κ1) is 47.8. The lowest BCUT2D eigenvalue weighted by molar-refractivity contribution is 0.101. The molecule has 6 rings (SSSR count). The molecule has 2 amide bonds. The number of ether oxygens (including phenoxy) is 2. The molecule has 0 heterocycles. The predicted octanol–water partition coefficient (Wildman–Crippen LogP) is 11.9. The summed E-state index contributed by atoms with van der Waals surface area (Å²) in [6.07, 6.45) is 1.89. The number of carbonyl (C=O) groups excluding carboxylic acids is 2. The number of benzene rings is 6. The monoisotopic (exact) mass is 847 g/mol. The molecule has 0 bridgehead atoms. The number of carbonyl (C=O) groups is 2. The Bertz CT molecular complexity index is 2230. The number of nitrogens with zero attached hydrogens (tertiary/aromatic N) is 2. The van der Waals surface area contributed by atoms with Gasteiger partial charge in [-0.2, -0.15) is 0 Å². The number of nitrogens with one attached hydrogen (secondary N) is 2. The van der Waals surface area contributed by atoms with Crippen LogP contribution in [0.15, 0.2) is 152 Å². The Kier molecular flexibility index (Phi) is 19.0. The number of rotatable bonds is 20. The molecule has 2 N–H and O–H groups in total. The molecule has 8 heteroatoms. The van der Waals surface area contributed by atoms with Crippen LogP contribution in [0.2, 0.25) is 0 Å². The van der Waals surface area contributed by atoms with Gasteiger partial charge in [-0.1, -0.05) is 99.6 Å². The molecule has 8 nitrogen and oxygen atoms in total. The van der Waals surface area contributed by atoms with E-state index >= 15 is 0 Å². The Morgan fingerprint density at radius 2 is 0.905 bits per heavy atom. The van der Waals surface area contributed by atoms with E-state index in [0.717, 1.165) is 73.0 Å². The van der Waals surface area contributed by atoms with E-state index in [0.29, 0.717) is 36.4 Å². The fourth-order valence-corrected chi connectivity index (χ4v) is 7.24. The Morgan fingerprint density at radius 3 is 1.35 bits per heavy atom. The number of anilines is 2. The number of likely N-dealkylation sites (N-methyl/N-ethyl adjacent to an activating group) is 1. The average Bonchev–Trinajstić information content (AvgIpc) is 3.31. The second-order valence-corrected chi connectivity index (χ2v) is 16.1. The third kappa shape index (κ3) is 15.6. The lowest BCUT2D eigenvalue weighted by Crippen LogP contribution is -2.39. The zero-order valence-electron chi connectivity index (χ0n) is 38.3. The van der Waals surface area contributed by atoms with E-state index in [1.165, 1.54) is 16.7 Å². The largest absolute Gasteiger partial charge is 0.492 e. The molecule has 6 aromatic carbocycles. The smallest absolute Gasteiger partial charge is 0.255 e. The second-order valence-electron chi connectivity index (χ2n) is 16.1. The minimum absolute atomic E-state index is 0.114. The Morgan fingerprint density at radius 1 is 0.492 bits per heavy atom. The van der Waals surface area contributed by atoms with Gasteiger partial charge < -0.3 is 25.0 Å². The van der Waals surface area contributed by atoms with Crippen LogP contribution >= 0.6 is 0 Å². The van der Waals surface area contributed by atoms with Crippen LogP contribution in [0.5, 0.6) is 11.5 Å². The Hall–Kier alpha value is -6.22. The van der Waals surface area contributed by atoms with E-state index in [9.17, 15) is 9.59 Å². The number of amides is 2. The summed E-state index contributed by atoms with van der Waals surface area (Å²) in [4.78, 5) is 29.9. The fraction of sp³-hybridized carbons (Fsp3) is 0.309.